The molecule has 0 fully saturated rings. The summed E-state index contributed by atoms with van der Waals surface area (Å²) in [5.74, 6) is 0. The van der Waals surface area contributed by atoms with Gasteiger partial charge in [-0.2, -0.15) is 5.26 Å². The zero-order chi connectivity index (χ0) is 57.0. The first kappa shape index (κ1) is 49.5. The average Bonchev–Trinajstić information content (AvgIpc) is 1.58. The first-order valence-electron chi connectivity index (χ1n) is 28.8. The quantitative estimate of drug-likeness (QED) is 0.140. The van der Waals surface area contributed by atoms with E-state index in [0.717, 1.165) is 120 Å². The third-order valence-corrected chi connectivity index (χ3v) is 19.7. The first-order valence-corrected chi connectivity index (χ1v) is 30.5. The number of fused-ring (bicyclic) bond motifs is 14. The van der Waals surface area contributed by atoms with Crippen molar-refractivity contribution in [2.24, 2.45) is 0 Å². The molecule has 17 aromatic rings. The second kappa shape index (κ2) is 19.8. The van der Waals surface area contributed by atoms with Crippen molar-refractivity contribution in [1.82, 2.24) is 9.13 Å². The smallest absolute Gasteiger partial charge is 0.220 e. The number of hydrogen-bond donors (Lipinski definition) is 0. The highest BCUT2D eigenvalue weighted by Crippen LogP contribution is 2.56. The number of thiophene rings is 2. The van der Waals surface area contributed by atoms with Crippen LogP contribution in [0.3, 0.4) is 0 Å². The lowest BCUT2D eigenvalue weighted by Crippen LogP contribution is -2.09. The maximum absolute atomic E-state index is 12.6. The predicted octanol–water partition coefficient (Wildman–Crippen LogP) is 23.0. The van der Waals surface area contributed by atoms with Crippen LogP contribution in [-0.4, -0.2) is 9.13 Å². The van der Waals surface area contributed by atoms with Crippen molar-refractivity contribution in [1.29, 1.82) is 5.26 Å². The van der Waals surface area contributed by atoms with E-state index in [2.05, 4.69) is 276 Å². The fourth-order valence-electron chi connectivity index (χ4n) is 13.7. The standard InChI is InChI=1S/C80H46N4S2/c1-82-74-70(53-30-16-6-17-31-53)65(48-81)75(71(54-32-18-7-19-33-54)78(74)83-66-46-55(49-22-8-2-9-23-49)38-40-59(66)60-41-39-56(47-67(60)83)50-24-10-3-11-25-50)84-76-61(42-44-63-72-57(51-26-12-4-13-27-51)34-20-36-68(72)85-79(63)76)62-43-45-64-73-58(52-28-14-5-15-29-52)35-21-37-69(73)86-80(64)77(62)84/h2-47H. The number of aromatic nitrogens is 2. The third kappa shape index (κ3) is 7.45. The minimum absolute atomic E-state index is 0.393. The monoisotopic (exact) mass is 1130 g/mol. The summed E-state index contributed by atoms with van der Waals surface area (Å²) >= 11 is 3.62. The van der Waals surface area contributed by atoms with Crippen molar-refractivity contribution in [2.45, 2.75) is 0 Å². The summed E-state index contributed by atoms with van der Waals surface area (Å²) in [5, 5.41) is 21.6. The van der Waals surface area contributed by atoms with Crippen molar-refractivity contribution in [3.8, 4) is 84.2 Å². The van der Waals surface area contributed by atoms with Crippen LogP contribution in [0, 0.1) is 17.9 Å². The predicted molar refractivity (Wildman–Crippen MR) is 364 cm³/mol. The molecule has 0 unspecified atom stereocenters. The molecule has 0 saturated heterocycles. The van der Waals surface area contributed by atoms with E-state index in [1.165, 1.54) is 31.3 Å². The summed E-state index contributed by atoms with van der Waals surface area (Å²) in [6, 6.07) is 102. The molecule has 4 nitrogen and oxygen atoms in total. The largest absolute Gasteiger partial charge is 0.318 e. The number of hydrogen-bond acceptors (Lipinski definition) is 3. The van der Waals surface area contributed by atoms with Crippen LogP contribution in [0.5, 0.6) is 0 Å². The van der Waals surface area contributed by atoms with Gasteiger partial charge in [-0.15, -0.1) is 22.7 Å². The molecule has 0 N–H and O–H groups in total. The van der Waals surface area contributed by atoms with Crippen LogP contribution < -0.4 is 0 Å². The summed E-state index contributed by atoms with van der Waals surface area (Å²) in [4.78, 5) is 4.73. The van der Waals surface area contributed by atoms with Crippen molar-refractivity contribution >= 4 is 112 Å². The maximum Gasteiger partial charge on any atom is 0.220 e. The van der Waals surface area contributed by atoms with Crippen molar-refractivity contribution < 1.29 is 0 Å². The van der Waals surface area contributed by atoms with Crippen LogP contribution >= 0.6 is 22.7 Å². The summed E-state index contributed by atoms with van der Waals surface area (Å²) in [6.45, 7) is 9.71. The Morgan fingerprint density at radius 3 is 1.14 bits per heavy atom. The molecule has 4 aromatic heterocycles. The fraction of sp³-hybridized carbons (Fsp3) is 0. The number of nitrogens with zero attached hydrogens (tertiary/aromatic N) is 4. The van der Waals surface area contributed by atoms with Gasteiger partial charge in [0.2, 0.25) is 5.69 Å². The lowest BCUT2D eigenvalue weighted by atomic mass is 9.88. The molecule has 13 aromatic carbocycles. The lowest BCUT2D eigenvalue weighted by molar-refractivity contribution is 1.14. The minimum Gasteiger partial charge on any atom is -0.318 e. The van der Waals surface area contributed by atoms with Crippen molar-refractivity contribution in [3.05, 3.63) is 296 Å². The van der Waals surface area contributed by atoms with E-state index in [1.807, 2.05) is 40.9 Å². The van der Waals surface area contributed by atoms with Crippen molar-refractivity contribution in [2.75, 3.05) is 0 Å². The molecule has 0 saturated carbocycles. The lowest BCUT2D eigenvalue weighted by Gasteiger charge is -2.26. The average molecular weight is 1130 g/mol. The Labute approximate surface area is 503 Å². The zero-order valence-electron chi connectivity index (χ0n) is 46.2. The van der Waals surface area contributed by atoms with Crippen LogP contribution in [0.25, 0.3) is 167 Å². The molecule has 0 aliphatic carbocycles. The van der Waals surface area contributed by atoms with E-state index in [1.54, 1.807) is 0 Å². The van der Waals surface area contributed by atoms with Gasteiger partial charge in [0.15, 0.2) is 0 Å². The Morgan fingerprint density at radius 1 is 0.337 bits per heavy atom. The van der Waals surface area contributed by atoms with Gasteiger partial charge >= 0.3 is 0 Å². The van der Waals surface area contributed by atoms with Gasteiger partial charge in [-0.25, -0.2) is 4.85 Å². The number of rotatable bonds is 8. The highest BCUT2D eigenvalue weighted by molar-refractivity contribution is 7.27. The van der Waals surface area contributed by atoms with Gasteiger partial charge in [-0.1, -0.05) is 255 Å². The van der Waals surface area contributed by atoms with E-state index in [-0.39, 0.29) is 0 Å². The van der Waals surface area contributed by atoms with Gasteiger partial charge in [0.25, 0.3) is 0 Å². The van der Waals surface area contributed by atoms with E-state index >= 15 is 0 Å². The van der Waals surface area contributed by atoms with Crippen molar-refractivity contribution in [3.63, 3.8) is 0 Å². The number of nitriles is 1. The van der Waals surface area contributed by atoms with E-state index in [0.29, 0.717) is 22.5 Å². The van der Waals surface area contributed by atoms with Crippen LogP contribution in [0.4, 0.5) is 5.69 Å². The second-order valence-corrected chi connectivity index (χ2v) is 24.1. The van der Waals surface area contributed by atoms with Gasteiger partial charge in [-0.05, 0) is 79.9 Å². The van der Waals surface area contributed by atoms with Gasteiger partial charge in [-0.3, -0.25) is 0 Å². The van der Waals surface area contributed by atoms with Crippen LogP contribution in [0.15, 0.2) is 279 Å². The van der Waals surface area contributed by atoms with Crippen LogP contribution in [0.2, 0.25) is 0 Å². The Bertz CT molecular complexity index is 5420. The normalized spacial score (nSPS) is 11.7. The molecule has 0 bridgehead atoms. The second-order valence-electron chi connectivity index (χ2n) is 22.0. The molecule has 0 radical (unpaired) electrons. The Hall–Kier alpha value is -11.1. The van der Waals surface area contributed by atoms with E-state index in [9.17, 15) is 11.8 Å². The fourth-order valence-corrected chi connectivity index (χ4v) is 16.2. The summed E-state index contributed by atoms with van der Waals surface area (Å²) in [6.07, 6.45) is 0. The molecular formula is C80H46N4S2. The van der Waals surface area contributed by atoms with E-state index < -0.39 is 0 Å². The molecule has 0 aliphatic rings. The van der Waals surface area contributed by atoms with Gasteiger partial charge < -0.3 is 9.13 Å². The summed E-state index contributed by atoms with van der Waals surface area (Å²) < 4.78 is 9.44. The molecular weight excluding hydrogens is 1080 g/mol. The Balaban J connectivity index is 1.14. The molecule has 86 heavy (non-hydrogen) atoms. The topological polar surface area (TPSA) is 38.0 Å². The first-order chi connectivity index (χ1) is 42.6. The molecule has 4 heterocycles. The number of benzene rings is 13. The summed E-state index contributed by atoms with van der Waals surface area (Å²) in [7, 11) is 0. The van der Waals surface area contributed by atoms with Crippen LogP contribution in [0.1, 0.15) is 5.56 Å². The zero-order valence-corrected chi connectivity index (χ0v) is 47.8. The van der Waals surface area contributed by atoms with E-state index in [4.69, 9.17) is 4.85 Å². The Kier molecular flexibility index (Phi) is 11.4. The highest BCUT2D eigenvalue weighted by Gasteiger charge is 2.34. The maximum atomic E-state index is 12.6. The molecule has 17 rings (SSSR count). The molecule has 398 valence electrons. The van der Waals surface area contributed by atoms with Crippen LogP contribution in [-0.2, 0) is 0 Å². The minimum atomic E-state index is 0.393. The molecule has 6 heteroatoms. The third-order valence-electron chi connectivity index (χ3n) is 17.4. The molecule has 0 aliphatic heterocycles. The van der Waals surface area contributed by atoms with Gasteiger partial charge in [0.05, 0.1) is 55.0 Å². The molecule has 0 amide bonds. The van der Waals surface area contributed by atoms with Gasteiger partial charge in [0, 0.05) is 63.6 Å². The molecule has 0 atom stereocenters. The SMILES string of the molecule is [C-]#[N+]c1c(-c2ccccc2)c(C#N)c(-n2c3c(ccc4c3sc3cccc(-c5ccccc5)c34)c3ccc4c(sc5cccc(-c6ccccc6)c54)c32)c(-c2ccccc2)c1-n1c2cc(-c3ccccc3)ccc2c2ccc(-c3ccccc3)cc21. The highest BCUT2D eigenvalue weighted by atomic mass is 32.1. The Morgan fingerprint density at radius 2 is 0.721 bits per heavy atom. The van der Waals surface area contributed by atoms with Gasteiger partial charge in [0.1, 0.15) is 6.07 Å². The summed E-state index contributed by atoms with van der Waals surface area (Å²) in [5.41, 5.74) is 18.1. The molecule has 0 spiro atoms.